The third kappa shape index (κ3) is 6.80. The average molecular weight is 530 g/mol. The van der Waals surface area contributed by atoms with Crippen molar-refractivity contribution < 1.29 is 50.3 Å². The van der Waals surface area contributed by atoms with Crippen LogP contribution < -0.4 is 5.48 Å². The lowest BCUT2D eigenvalue weighted by Crippen LogP contribution is -2.29. The summed E-state index contributed by atoms with van der Waals surface area (Å²) in [7, 11) is 0. The number of hydrogen-bond donors (Lipinski definition) is 1. The molecule has 2 aromatic carbocycles. The number of halogens is 6. The third-order valence-electron chi connectivity index (χ3n) is 4.82. The molecular formula is C24H20F6N2O5. The predicted molar refractivity (Wildman–Crippen MR) is 117 cm³/mol. The standard InChI is InChI=1S/C24H20F6N2O5/c1-22(2,3)36-21(35)32-12-14(17-6-4-5-7-18(17)32)10-19(33)31-37-20(34)13-8-15(23(25,26)27)11-16(9-13)24(28,29)30/h4-9,11-12H,10H2,1-3H3,(H,31,33). The van der Waals surface area contributed by atoms with E-state index in [2.05, 4.69) is 4.84 Å². The van der Waals surface area contributed by atoms with Gasteiger partial charge < -0.3 is 9.57 Å². The summed E-state index contributed by atoms with van der Waals surface area (Å²) >= 11 is 0. The summed E-state index contributed by atoms with van der Waals surface area (Å²) in [6, 6.07) is 6.74. The first kappa shape index (κ1) is 27.6. The summed E-state index contributed by atoms with van der Waals surface area (Å²) in [5, 5.41) is 0.488. The van der Waals surface area contributed by atoms with Crippen molar-refractivity contribution in [2.45, 2.75) is 45.1 Å². The van der Waals surface area contributed by atoms with Gasteiger partial charge >= 0.3 is 24.4 Å². The first-order valence-corrected chi connectivity index (χ1v) is 10.6. The number of para-hydroxylation sites is 1. The van der Waals surface area contributed by atoms with Gasteiger partial charge in [-0.15, -0.1) is 0 Å². The van der Waals surface area contributed by atoms with Gasteiger partial charge in [0.05, 0.1) is 28.6 Å². The molecule has 1 aromatic heterocycles. The van der Waals surface area contributed by atoms with E-state index in [1.807, 2.05) is 0 Å². The van der Waals surface area contributed by atoms with E-state index >= 15 is 0 Å². The Hall–Kier alpha value is -4.03. The zero-order valence-electron chi connectivity index (χ0n) is 19.6. The maximum absolute atomic E-state index is 13.0. The van der Waals surface area contributed by atoms with Crippen LogP contribution in [0.15, 0.2) is 48.7 Å². The van der Waals surface area contributed by atoms with Crippen molar-refractivity contribution >= 4 is 28.9 Å². The Bertz CT molecular complexity index is 1320. The van der Waals surface area contributed by atoms with Gasteiger partial charge in [0.2, 0.25) is 0 Å². The predicted octanol–water partition coefficient (Wildman–Crippen LogP) is 5.89. The van der Waals surface area contributed by atoms with Crippen molar-refractivity contribution in [1.29, 1.82) is 0 Å². The number of ether oxygens (including phenoxy) is 1. The minimum atomic E-state index is -5.16. The van der Waals surface area contributed by atoms with E-state index < -0.39 is 59.0 Å². The second kappa shape index (κ2) is 9.79. The zero-order valence-corrected chi connectivity index (χ0v) is 19.6. The first-order valence-electron chi connectivity index (χ1n) is 10.6. The Morgan fingerprint density at radius 3 is 2.00 bits per heavy atom. The number of rotatable bonds is 3. The van der Waals surface area contributed by atoms with Crippen LogP contribution in [0.3, 0.4) is 0 Å². The first-order chi connectivity index (χ1) is 17.0. The number of amides is 1. The lowest BCUT2D eigenvalue weighted by atomic mass is 10.0. The maximum atomic E-state index is 13.0. The molecule has 0 aliphatic rings. The minimum absolute atomic E-state index is 0.143. The summed E-state index contributed by atoms with van der Waals surface area (Å²) in [6.45, 7) is 5.00. The summed E-state index contributed by atoms with van der Waals surface area (Å²) < 4.78 is 84.6. The number of hydrogen-bond acceptors (Lipinski definition) is 5. The molecule has 1 N–H and O–H groups in total. The number of hydroxylamine groups is 1. The van der Waals surface area contributed by atoms with Gasteiger partial charge in [-0.05, 0) is 50.6 Å². The Kier molecular flexibility index (Phi) is 7.29. The van der Waals surface area contributed by atoms with Crippen molar-refractivity contribution in [2.24, 2.45) is 0 Å². The Balaban J connectivity index is 1.78. The Labute approximate surface area is 205 Å². The molecular weight excluding hydrogens is 510 g/mol. The van der Waals surface area contributed by atoms with Crippen LogP contribution in [-0.2, 0) is 33.1 Å². The van der Waals surface area contributed by atoms with E-state index in [1.54, 1.807) is 50.5 Å². The maximum Gasteiger partial charge on any atom is 0.419 e. The second-order valence-electron chi connectivity index (χ2n) is 8.91. The number of fused-ring (bicyclic) bond motifs is 1. The van der Waals surface area contributed by atoms with Crippen LogP contribution in [0.4, 0.5) is 31.1 Å². The lowest BCUT2D eigenvalue weighted by Gasteiger charge is -2.19. The number of nitrogens with one attached hydrogen (secondary N) is 1. The molecule has 37 heavy (non-hydrogen) atoms. The zero-order chi connectivity index (χ0) is 27.8. The highest BCUT2D eigenvalue weighted by Crippen LogP contribution is 2.36. The summed E-state index contributed by atoms with van der Waals surface area (Å²) in [5.41, 5.74) is -2.85. The van der Waals surface area contributed by atoms with Crippen molar-refractivity contribution in [3.05, 3.63) is 70.9 Å². The van der Waals surface area contributed by atoms with Gasteiger partial charge in [0.15, 0.2) is 0 Å². The molecule has 1 heterocycles. The van der Waals surface area contributed by atoms with Gasteiger partial charge in [0.25, 0.3) is 5.91 Å². The third-order valence-corrected chi connectivity index (χ3v) is 4.82. The van der Waals surface area contributed by atoms with Crippen molar-refractivity contribution in [3.63, 3.8) is 0 Å². The van der Waals surface area contributed by atoms with Crippen LogP contribution in [-0.4, -0.2) is 28.1 Å². The fourth-order valence-corrected chi connectivity index (χ4v) is 3.30. The molecule has 0 saturated carbocycles. The molecule has 198 valence electrons. The second-order valence-corrected chi connectivity index (χ2v) is 8.91. The van der Waals surface area contributed by atoms with Gasteiger partial charge in [-0.3, -0.25) is 9.36 Å². The van der Waals surface area contributed by atoms with Crippen molar-refractivity contribution in [3.8, 4) is 0 Å². The summed E-state index contributed by atoms with van der Waals surface area (Å²) in [6.07, 6.45) is -10.2. The molecule has 3 aromatic rings. The molecule has 0 aliphatic carbocycles. The highest BCUT2D eigenvalue weighted by Gasteiger charge is 2.37. The molecule has 0 aliphatic heterocycles. The topological polar surface area (TPSA) is 86.6 Å². The van der Waals surface area contributed by atoms with Crippen LogP contribution in [0.5, 0.6) is 0 Å². The quantitative estimate of drug-likeness (QED) is 0.337. The van der Waals surface area contributed by atoms with E-state index in [4.69, 9.17) is 4.74 Å². The van der Waals surface area contributed by atoms with Crippen LogP contribution >= 0.6 is 0 Å². The van der Waals surface area contributed by atoms with E-state index in [0.717, 1.165) is 0 Å². The normalized spacial score (nSPS) is 12.4. The molecule has 0 atom stereocenters. The molecule has 0 unspecified atom stereocenters. The monoisotopic (exact) mass is 530 g/mol. The molecule has 7 nitrogen and oxygen atoms in total. The molecule has 13 heteroatoms. The summed E-state index contributed by atoms with van der Waals surface area (Å²) in [4.78, 5) is 41.6. The van der Waals surface area contributed by atoms with Gasteiger partial charge in [-0.25, -0.2) is 9.59 Å². The van der Waals surface area contributed by atoms with Crippen LogP contribution in [0.25, 0.3) is 10.9 Å². The Morgan fingerprint density at radius 2 is 1.46 bits per heavy atom. The SMILES string of the molecule is CC(C)(C)OC(=O)n1cc(CC(=O)NOC(=O)c2cc(C(F)(F)F)cc(C(F)(F)F)c2)c2ccccc21. The van der Waals surface area contributed by atoms with Gasteiger partial charge in [-0.1, -0.05) is 18.2 Å². The molecule has 3 rings (SSSR count). The van der Waals surface area contributed by atoms with Crippen molar-refractivity contribution in [1.82, 2.24) is 10.0 Å². The molecule has 0 fully saturated rings. The number of carbonyl (C=O) groups excluding carboxylic acids is 3. The highest BCUT2D eigenvalue weighted by atomic mass is 19.4. The molecule has 0 spiro atoms. The molecule has 0 saturated heterocycles. The lowest BCUT2D eigenvalue weighted by molar-refractivity contribution is -0.143. The number of nitrogens with zero attached hydrogens (tertiary/aromatic N) is 1. The smallest absolute Gasteiger partial charge is 0.419 e. The van der Waals surface area contributed by atoms with Gasteiger partial charge in [0, 0.05) is 11.6 Å². The molecule has 0 bridgehead atoms. The van der Waals surface area contributed by atoms with Crippen LogP contribution in [0.1, 0.15) is 47.8 Å². The fraction of sp³-hybridized carbons (Fsp3) is 0.292. The van der Waals surface area contributed by atoms with Crippen LogP contribution in [0, 0.1) is 0 Å². The van der Waals surface area contributed by atoms with E-state index in [1.165, 1.54) is 10.8 Å². The summed E-state index contributed by atoms with van der Waals surface area (Å²) in [5.74, 6) is -2.59. The number of carbonyl (C=O) groups is 3. The largest absolute Gasteiger partial charge is 0.443 e. The molecule has 0 radical (unpaired) electrons. The van der Waals surface area contributed by atoms with Crippen LogP contribution in [0.2, 0.25) is 0 Å². The van der Waals surface area contributed by atoms with Crippen molar-refractivity contribution in [2.75, 3.05) is 0 Å². The highest BCUT2D eigenvalue weighted by molar-refractivity contribution is 5.95. The van der Waals surface area contributed by atoms with E-state index in [0.29, 0.717) is 16.5 Å². The van der Waals surface area contributed by atoms with Gasteiger partial charge in [-0.2, -0.15) is 31.8 Å². The van der Waals surface area contributed by atoms with Gasteiger partial charge in [0.1, 0.15) is 5.60 Å². The van der Waals surface area contributed by atoms with E-state index in [-0.39, 0.29) is 18.2 Å². The fourth-order valence-electron chi connectivity index (χ4n) is 3.30. The minimum Gasteiger partial charge on any atom is -0.443 e. The molecule has 1 amide bonds. The van der Waals surface area contributed by atoms with E-state index in [9.17, 15) is 40.7 Å². The average Bonchev–Trinajstić information content (AvgIpc) is 3.13. The number of alkyl halides is 6. The number of aromatic nitrogens is 1. The number of benzene rings is 2. The Morgan fingerprint density at radius 1 is 0.892 bits per heavy atom.